The van der Waals surface area contributed by atoms with E-state index in [1.54, 1.807) is 18.1 Å². The van der Waals surface area contributed by atoms with Gasteiger partial charge in [0.25, 0.3) is 11.8 Å². The second-order valence-corrected chi connectivity index (χ2v) is 7.57. The summed E-state index contributed by atoms with van der Waals surface area (Å²) in [7, 11) is 1.60. The van der Waals surface area contributed by atoms with Crippen LogP contribution in [-0.4, -0.2) is 48.1 Å². The number of nitrogens with one attached hydrogen (secondary N) is 1. The molecule has 0 radical (unpaired) electrons. The molecule has 1 aromatic carbocycles. The quantitative estimate of drug-likeness (QED) is 0.777. The number of nitrogen functional groups attached to an aromatic ring is 1. The van der Waals surface area contributed by atoms with E-state index in [0.717, 1.165) is 35.4 Å². The van der Waals surface area contributed by atoms with Crippen molar-refractivity contribution < 1.29 is 19.1 Å². The van der Waals surface area contributed by atoms with Gasteiger partial charge in [-0.1, -0.05) is 12.1 Å². The maximum absolute atomic E-state index is 12.7. The Morgan fingerprint density at radius 1 is 1.37 bits per heavy atom. The minimum absolute atomic E-state index is 0.0130. The number of nitrogens with zero attached hydrogens (tertiary/aromatic N) is 2. The smallest absolute Gasteiger partial charge is 0.255 e. The Labute approximate surface area is 175 Å². The molecular weight excluding hydrogens is 384 g/mol. The third-order valence-electron chi connectivity index (χ3n) is 5.55. The van der Waals surface area contributed by atoms with Crippen LogP contribution in [0.3, 0.4) is 0 Å². The molecule has 0 saturated carbocycles. The molecule has 0 aliphatic carbocycles. The van der Waals surface area contributed by atoms with Crippen LogP contribution in [0.1, 0.15) is 40.0 Å². The highest BCUT2D eigenvalue weighted by molar-refractivity contribution is 5.98. The summed E-state index contributed by atoms with van der Waals surface area (Å²) >= 11 is 0. The third kappa shape index (κ3) is 4.23. The summed E-state index contributed by atoms with van der Waals surface area (Å²) in [4.78, 5) is 31.6. The molecule has 30 heavy (non-hydrogen) atoms. The Morgan fingerprint density at radius 3 is 3.00 bits per heavy atom. The van der Waals surface area contributed by atoms with E-state index in [0.29, 0.717) is 38.2 Å². The highest BCUT2D eigenvalue weighted by atomic mass is 16.5. The highest BCUT2D eigenvalue weighted by Crippen LogP contribution is 2.24. The van der Waals surface area contributed by atoms with Crippen LogP contribution >= 0.6 is 0 Å². The number of carbonyl (C=O) groups excluding carboxylic acids is 2. The van der Waals surface area contributed by atoms with Crippen LogP contribution in [0.4, 0.5) is 5.82 Å². The molecule has 0 spiro atoms. The number of amides is 2. The number of anilines is 1. The molecule has 8 heteroatoms. The maximum Gasteiger partial charge on any atom is 0.255 e. The van der Waals surface area contributed by atoms with Gasteiger partial charge in [0, 0.05) is 38.4 Å². The van der Waals surface area contributed by atoms with Crippen molar-refractivity contribution in [3.63, 3.8) is 0 Å². The van der Waals surface area contributed by atoms with E-state index >= 15 is 0 Å². The van der Waals surface area contributed by atoms with Crippen LogP contribution in [0.15, 0.2) is 30.3 Å². The number of benzene rings is 1. The lowest BCUT2D eigenvalue weighted by Gasteiger charge is -2.30. The summed E-state index contributed by atoms with van der Waals surface area (Å²) in [6, 6.07) is 9.25. The largest absolute Gasteiger partial charge is 0.497 e. The summed E-state index contributed by atoms with van der Waals surface area (Å²) in [5.74, 6) is 0.649. The van der Waals surface area contributed by atoms with E-state index in [9.17, 15) is 9.59 Å². The fraction of sp³-hybridized carbons (Fsp3) is 0.409. The van der Waals surface area contributed by atoms with E-state index in [4.69, 9.17) is 15.2 Å². The Kier molecular flexibility index (Phi) is 5.85. The summed E-state index contributed by atoms with van der Waals surface area (Å²) < 4.78 is 10.7. The lowest BCUT2D eigenvalue weighted by Crippen LogP contribution is -2.42. The lowest BCUT2D eigenvalue weighted by molar-refractivity contribution is -0.141. The zero-order valence-electron chi connectivity index (χ0n) is 17.0. The molecule has 1 aromatic heterocycles. The normalized spacial score (nSPS) is 18.0. The van der Waals surface area contributed by atoms with Gasteiger partial charge in [-0.3, -0.25) is 9.59 Å². The Morgan fingerprint density at radius 2 is 2.23 bits per heavy atom. The van der Waals surface area contributed by atoms with Gasteiger partial charge in [-0.15, -0.1) is 0 Å². The molecule has 0 unspecified atom stereocenters. The molecule has 2 aliphatic heterocycles. The van der Waals surface area contributed by atoms with Crippen molar-refractivity contribution in [2.45, 2.75) is 38.5 Å². The van der Waals surface area contributed by atoms with Crippen LogP contribution < -0.4 is 15.8 Å². The summed E-state index contributed by atoms with van der Waals surface area (Å²) in [5.41, 5.74) is 9.00. The molecule has 2 aromatic rings. The van der Waals surface area contributed by atoms with Crippen molar-refractivity contribution in [3.05, 3.63) is 52.7 Å². The average Bonchev–Trinajstić information content (AvgIpc) is 3.31. The second kappa shape index (κ2) is 8.71. The minimum Gasteiger partial charge on any atom is -0.497 e. The van der Waals surface area contributed by atoms with Crippen molar-refractivity contribution in [1.29, 1.82) is 0 Å². The number of hydrogen-bond acceptors (Lipinski definition) is 6. The van der Waals surface area contributed by atoms with Crippen LogP contribution in [0, 0.1) is 0 Å². The molecule has 2 amide bonds. The van der Waals surface area contributed by atoms with Gasteiger partial charge < -0.3 is 25.4 Å². The monoisotopic (exact) mass is 410 g/mol. The second-order valence-electron chi connectivity index (χ2n) is 7.57. The van der Waals surface area contributed by atoms with E-state index in [1.165, 1.54) is 0 Å². The predicted octanol–water partition coefficient (Wildman–Crippen LogP) is 1.67. The topological polar surface area (TPSA) is 107 Å². The number of aromatic nitrogens is 1. The summed E-state index contributed by atoms with van der Waals surface area (Å²) in [5, 5.41) is 2.88. The molecule has 1 saturated heterocycles. The van der Waals surface area contributed by atoms with Crippen molar-refractivity contribution in [2.75, 3.05) is 26.0 Å². The molecule has 8 nitrogen and oxygen atoms in total. The van der Waals surface area contributed by atoms with Crippen molar-refractivity contribution in [1.82, 2.24) is 15.2 Å². The van der Waals surface area contributed by atoms with Crippen LogP contribution in [0.25, 0.3) is 0 Å². The molecule has 3 N–H and O–H groups in total. The first-order valence-electron chi connectivity index (χ1n) is 10.1. The van der Waals surface area contributed by atoms with Gasteiger partial charge in [-0.05, 0) is 42.2 Å². The first kappa shape index (κ1) is 20.2. The third-order valence-corrected chi connectivity index (χ3v) is 5.55. The zero-order chi connectivity index (χ0) is 21.1. The lowest BCUT2D eigenvalue weighted by atomic mass is 10.0. The van der Waals surface area contributed by atoms with E-state index < -0.39 is 0 Å². The number of fused-ring (bicyclic) bond motifs is 1. The van der Waals surface area contributed by atoms with Gasteiger partial charge in [0.1, 0.15) is 17.7 Å². The van der Waals surface area contributed by atoms with Crippen LogP contribution in [0.2, 0.25) is 0 Å². The molecule has 2 aliphatic rings. The van der Waals surface area contributed by atoms with Gasteiger partial charge in [-0.2, -0.15) is 0 Å². The Bertz CT molecular complexity index is 956. The number of hydrogen-bond donors (Lipinski definition) is 2. The highest BCUT2D eigenvalue weighted by Gasteiger charge is 2.31. The number of pyridine rings is 1. The van der Waals surface area contributed by atoms with Crippen molar-refractivity contribution in [3.8, 4) is 5.75 Å². The molecule has 4 rings (SSSR count). The zero-order valence-corrected chi connectivity index (χ0v) is 17.0. The Hall–Kier alpha value is -3.13. The maximum atomic E-state index is 12.7. The molecular formula is C22H26N4O4. The fourth-order valence-electron chi connectivity index (χ4n) is 3.89. The van der Waals surface area contributed by atoms with Crippen LogP contribution in [0.5, 0.6) is 5.75 Å². The molecule has 158 valence electrons. The standard InChI is InChI=1S/C22H26N4O4/c1-29-16-5-2-4-14(10-16)12-24-21(27)17-11-15-13-26(8-7-18(15)25-20(17)23)22(28)19-6-3-9-30-19/h2,4-5,10-11,19H,3,6-9,12-13H2,1H3,(H2,23,25)(H,24,27)/t19-/m0/s1. The van der Waals surface area contributed by atoms with Crippen LogP contribution in [-0.2, 0) is 29.0 Å². The molecule has 3 heterocycles. The van der Waals surface area contributed by atoms with Gasteiger partial charge in [0.05, 0.1) is 12.7 Å². The molecule has 1 atom stereocenters. The summed E-state index contributed by atoms with van der Waals surface area (Å²) in [6.45, 7) is 1.98. The number of methoxy groups -OCH3 is 1. The number of carbonyl (C=O) groups is 2. The van der Waals surface area contributed by atoms with Gasteiger partial charge in [0.15, 0.2) is 0 Å². The molecule has 1 fully saturated rings. The van der Waals surface area contributed by atoms with Gasteiger partial charge in [0.2, 0.25) is 0 Å². The first-order chi connectivity index (χ1) is 14.5. The summed E-state index contributed by atoms with van der Waals surface area (Å²) in [6.07, 6.45) is 1.94. The minimum atomic E-state index is -0.348. The first-order valence-corrected chi connectivity index (χ1v) is 10.1. The van der Waals surface area contributed by atoms with E-state index in [2.05, 4.69) is 10.3 Å². The van der Waals surface area contributed by atoms with E-state index in [-0.39, 0.29) is 23.7 Å². The fourth-order valence-corrected chi connectivity index (χ4v) is 3.89. The molecule has 0 bridgehead atoms. The van der Waals surface area contributed by atoms with Crippen molar-refractivity contribution >= 4 is 17.6 Å². The van der Waals surface area contributed by atoms with E-state index in [1.807, 2.05) is 24.3 Å². The average molecular weight is 410 g/mol. The number of ether oxygens (including phenoxy) is 2. The Balaban J connectivity index is 1.46. The SMILES string of the molecule is COc1cccc(CNC(=O)c2cc3c(nc2N)CCN(C(=O)[C@@H]2CCCO2)C3)c1. The van der Waals surface area contributed by atoms with Gasteiger partial charge in [-0.25, -0.2) is 4.98 Å². The van der Waals surface area contributed by atoms with Crippen molar-refractivity contribution in [2.24, 2.45) is 0 Å². The number of nitrogens with two attached hydrogens (primary N) is 1. The number of rotatable bonds is 5. The predicted molar refractivity (Wildman–Crippen MR) is 111 cm³/mol. The van der Waals surface area contributed by atoms with Gasteiger partial charge >= 0.3 is 0 Å².